The molecule has 0 bridgehead atoms. The lowest BCUT2D eigenvalue weighted by molar-refractivity contribution is 0.597. The zero-order valence-electron chi connectivity index (χ0n) is 6.97. The lowest BCUT2D eigenvalue weighted by Crippen LogP contribution is -2.11. The first-order valence-corrected chi connectivity index (χ1v) is 6.02. The predicted octanol–water partition coefficient (Wildman–Crippen LogP) is 0.526. The molecule has 1 aromatic carbocycles. The molecule has 0 aliphatic rings. The highest BCUT2D eigenvalue weighted by atomic mass is 32.2. The van der Waals surface area contributed by atoms with Gasteiger partial charge in [0.05, 0.1) is 10.4 Å². The first-order valence-electron chi connectivity index (χ1n) is 3.66. The fraction of sp³-hybridized carbons (Fsp3) is 0. The molecular weight excluding hydrogens is 222 g/mol. The molecule has 0 radical (unpaired) electrons. The van der Waals surface area contributed by atoms with Crippen molar-refractivity contribution >= 4 is 37.3 Å². The van der Waals surface area contributed by atoms with Crippen molar-refractivity contribution in [1.82, 2.24) is 4.98 Å². The molecule has 5 nitrogen and oxygen atoms in total. The zero-order valence-corrected chi connectivity index (χ0v) is 8.60. The van der Waals surface area contributed by atoms with Gasteiger partial charge in [-0.25, -0.2) is 18.5 Å². The number of thiazole rings is 1. The van der Waals surface area contributed by atoms with E-state index in [1.54, 1.807) is 18.2 Å². The summed E-state index contributed by atoms with van der Waals surface area (Å²) in [5, 5.41) is 4.95. The zero-order chi connectivity index (χ0) is 10.3. The fourth-order valence-corrected chi connectivity index (χ4v) is 2.76. The summed E-state index contributed by atoms with van der Waals surface area (Å²) in [5.74, 6) is 0. The molecule has 0 saturated heterocycles. The normalized spacial score (nSPS) is 12.1. The number of sulfonamides is 1. The quantitative estimate of drug-likeness (QED) is 0.696. The molecule has 7 heteroatoms. The molecule has 1 heterocycles. The summed E-state index contributed by atoms with van der Waals surface area (Å²) in [7, 11) is -3.73. The van der Waals surface area contributed by atoms with Crippen molar-refractivity contribution in [3.05, 3.63) is 18.2 Å². The largest absolute Gasteiger partial charge is 0.397 e. The Morgan fingerprint density at radius 2 is 2.07 bits per heavy atom. The van der Waals surface area contributed by atoms with Crippen LogP contribution in [0, 0.1) is 0 Å². The molecule has 14 heavy (non-hydrogen) atoms. The number of aromatic nitrogens is 1. The SMILES string of the molecule is Nc1cccc2sc(S(N)(=O)=O)nc12. The number of para-hydroxylation sites is 1. The van der Waals surface area contributed by atoms with Gasteiger partial charge < -0.3 is 5.73 Å². The molecule has 0 spiro atoms. The lowest BCUT2D eigenvalue weighted by atomic mass is 10.3. The van der Waals surface area contributed by atoms with Crippen molar-refractivity contribution in [2.75, 3.05) is 5.73 Å². The molecule has 74 valence electrons. The van der Waals surface area contributed by atoms with Gasteiger partial charge in [0.25, 0.3) is 10.0 Å². The topological polar surface area (TPSA) is 99.1 Å². The first kappa shape index (κ1) is 9.38. The molecule has 0 aliphatic heterocycles. The maximum absolute atomic E-state index is 11.0. The Morgan fingerprint density at radius 1 is 1.36 bits per heavy atom. The van der Waals surface area contributed by atoms with E-state index < -0.39 is 10.0 Å². The summed E-state index contributed by atoms with van der Waals surface area (Å²) in [5.41, 5.74) is 6.56. The first-order chi connectivity index (χ1) is 6.48. The highest BCUT2D eigenvalue weighted by Gasteiger charge is 2.15. The van der Waals surface area contributed by atoms with Gasteiger partial charge in [0.15, 0.2) is 0 Å². The van der Waals surface area contributed by atoms with Gasteiger partial charge >= 0.3 is 0 Å². The predicted molar refractivity (Wildman–Crippen MR) is 55.4 cm³/mol. The van der Waals surface area contributed by atoms with Crippen LogP contribution in [0.3, 0.4) is 0 Å². The number of anilines is 1. The third-order valence-corrected chi connectivity index (χ3v) is 4.01. The van der Waals surface area contributed by atoms with Gasteiger partial charge in [-0.1, -0.05) is 6.07 Å². The molecule has 2 aromatic rings. The average molecular weight is 229 g/mol. The minimum Gasteiger partial charge on any atom is -0.397 e. The molecule has 4 N–H and O–H groups in total. The van der Waals surface area contributed by atoms with Crippen molar-refractivity contribution in [3.8, 4) is 0 Å². The van der Waals surface area contributed by atoms with E-state index in [1.807, 2.05) is 0 Å². The van der Waals surface area contributed by atoms with Gasteiger partial charge in [-0.15, -0.1) is 11.3 Å². The Balaban J connectivity index is 2.81. The number of rotatable bonds is 1. The highest BCUT2D eigenvalue weighted by molar-refractivity contribution is 7.91. The van der Waals surface area contributed by atoms with Crippen LogP contribution in [0.2, 0.25) is 0 Å². The van der Waals surface area contributed by atoms with E-state index in [0.717, 1.165) is 11.3 Å². The minimum atomic E-state index is -3.73. The number of nitrogens with two attached hydrogens (primary N) is 2. The van der Waals surface area contributed by atoms with Gasteiger partial charge in [0.2, 0.25) is 4.34 Å². The summed E-state index contributed by atoms with van der Waals surface area (Å²) in [6, 6.07) is 5.15. The number of nitrogen functional groups attached to an aromatic ring is 1. The second kappa shape index (κ2) is 2.91. The molecule has 0 saturated carbocycles. The van der Waals surface area contributed by atoms with E-state index in [2.05, 4.69) is 4.98 Å². The molecule has 2 rings (SSSR count). The van der Waals surface area contributed by atoms with Crippen molar-refractivity contribution < 1.29 is 8.42 Å². The Labute approximate surface area is 84.4 Å². The van der Waals surface area contributed by atoms with Crippen LogP contribution in [0.4, 0.5) is 5.69 Å². The molecule has 0 unspecified atom stereocenters. The van der Waals surface area contributed by atoms with Gasteiger partial charge in [-0.3, -0.25) is 0 Å². The van der Waals surface area contributed by atoms with Crippen molar-refractivity contribution in [3.63, 3.8) is 0 Å². The van der Waals surface area contributed by atoms with E-state index in [0.29, 0.717) is 15.9 Å². The Bertz CT molecular complexity index is 588. The molecule has 0 fully saturated rings. The van der Waals surface area contributed by atoms with Crippen molar-refractivity contribution in [2.24, 2.45) is 5.14 Å². The van der Waals surface area contributed by atoms with Gasteiger partial charge in [0, 0.05) is 0 Å². The van der Waals surface area contributed by atoms with E-state index in [4.69, 9.17) is 10.9 Å². The fourth-order valence-electron chi connectivity index (χ4n) is 1.07. The van der Waals surface area contributed by atoms with E-state index in [-0.39, 0.29) is 4.34 Å². The Morgan fingerprint density at radius 3 is 2.64 bits per heavy atom. The average Bonchev–Trinajstić information content (AvgIpc) is 2.48. The Hall–Kier alpha value is -1.18. The molecule has 1 aromatic heterocycles. The van der Waals surface area contributed by atoms with Crippen LogP contribution in [0.15, 0.2) is 22.5 Å². The number of fused-ring (bicyclic) bond motifs is 1. The summed E-state index contributed by atoms with van der Waals surface area (Å²) in [6.07, 6.45) is 0. The summed E-state index contributed by atoms with van der Waals surface area (Å²) < 4.78 is 22.6. The minimum absolute atomic E-state index is 0.106. The summed E-state index contributed by atoms with van der Waals surface area (Å²) in [4.78, 5) is 3.86. The second-order valence-electron chi connectivity index (χ2n) is 2.72. The van der Waals surface area contributed by atoms with Crippen LogP contribution in [-0.4, -0.2) is 13.4 Å². The third-order valence-electron chi connectivity index (χ3n) is 1.67. The van der Waals surface area contributed by atoms with E-state index in [9.17, 15) is 8.42 Å². The summed E-state index contributed by atoms with van der Waals surface area (Å²) >= 11 is 1.01. The second-order valence-corrected chi connectivity index (χ2v) is 5.48. The van der Waals surface area contributed by atoms with Crippen LogP contribution in [-0.2, 0) is 10.0 Å². The maximum Gasteiger partial charge on any atom is 0.265 e. The molecule has 0 atom stereocenters. The number of benzene rings is 1. The van der Waals surface area contributed by atoms with Crippen molar-refractivity contribution in [2.45, 2.75) is 4.34 Å². The van der Waals surface area contributed by atoms with Gasteiger partial charge in [0.1, 0.15) is 5.52 Å². The van der Waals surface area contributed by atoms with E-state index >= 15 is 0 Å². The summed E-state index contributed by atoms with van der Waals surface area (Å²) in [6.45, 7) is 0. The Kier molecular flexibility index (Phi) is 1.95. The third kappa shape index (κ3) is 1.45. The van der Waals surface area contributed by atoms with Gasteiger partial charge in [-0.2, -0.15) is 0 Å². The monoisotopic (exact) mass is 229 g/mol. The number of nitrogens with zero attached hydrogens (tertiary/aromatic N) is 1. The van der Waals surface area contributed by atoms with Gasteiger partial charge in [-0.05, 0) is 12.1 Å². The molecule has 0 amide bonds. The van der Waals surface area contributed by atoms with Crippen LogP contribution in [0.1, 0.15) is 0 Å². The maximum atomic E-state index is 11.0. The van der Waals surface area contributed by atoms with Crippen LogP contribution < -0.4 is 10.9 Å². The molecular formula is C7H7N3O2S2. The lowest BCUT2D eigenvalue weighted by Gasteiger charge is -1.90. The van der Waals surface area contributed by atoms with Crippen LogP contribution in [0.25, 0.3) is 10.2 Å². The van der Waals surface area contributed by atoms with Crippen LogP contribution >= 0.6 is 11.3 Å². The molecule has 0 aliphatic carbocycles. The number of hydrogen-bond donors (Lipinski definition) is 2. The standard InChI is InChI=1S/C7H7N3O2S2/c8-4-2-1-3-5-6(4)10-7(13-5)14(9,11)12/h1-3H,8H2,(H2,9,11,12). The number of primary sulfonamides is 1. The highest BCUT2D eigenvalue weighted by Crippen LogP contribution is 2.27. The number of hydrogen-bond acceptors (Lipinski definition) is 5. The smallest absolute Gasteiger partial charge is 0.265 e. The van der Waals surface area contributed by atoms with Crippen molar-refractivity contribution in [1.29, 1.82) is 0 Å². The van der Waals surface area contributed by atoms with E-state index in [1.165, 1.54) is 0 Å². The van der Waals surface area contributed by atoms with Crippen LogP contribution in [0.5, 0.6) is 0 Å².